The van der Waals surface area contributed by atoms with Gasteiger partial charge in [0.05, 0.1) is 18.1 Å². The molecule has 25 heavy (non-hydrogen) atoms. The first-order valence-corrected chi connectivity index (χ1v) is 8.58. The van der Waals surface area contributed by atoms with Crippen LogP contribution in [0.15, 0.2) is 30.3 Å². The van der Waals surface area contributed by atoms with Gasteiger partial charge in [0, 0.05) is 25.6 Å². The molecule has 0 radical (unpaired) electrons. The second kappa shape index (κ2) is 6.58. The summed E-state index contributed by atoms with van der Waals surface area (Å²) < 4.78 is 5.21. The van der Waals surface area contributed by atoms with Gasteiger partial charge >= 0.3 is 0 Å². The predicted octanol–water partition coefficient (Wildman–Crippen LogP) is 2.40. The van der Waals surface area contributed by atoms with E-state index in [9.17, 15) is 0 Å². The number of methoxy groups -OCH3 is 1. The van der Waals surface area contributed by atoms with Crippen LogP contribution in [0.5, 0.6) is 5.88 Å². The minimum absolute atomic E-state index is 0.244. The van der Waals surface area contributed by atoms with Crippen LogP contribution in [0.25, 0.3) is 11.0 Å². The molecule has 1 saturated heterocycles. The highest BCUT2D eigenvalue weighted by Crippen LogP contribution is 2.26. The number of hydrogen-bond donors (Lipinski definition) is 2. The van der Waals surface area contributed by atoms with Gasteiger partial charge in [-0.1, -0.05) is 12.1 Å². The third-order valence-electron chi connectivity index (χ3n) is 4.68. The van der Waals surface area contributed by atoms with E-state index in [0.717, 1.165) is 48.6 Å². The number of rotatable bonds is 4. The number of H-pyrrole nitrogens is 1. The van der Waals surface area contributed by atoms with Gasteiger partial charge in [0.1, 0.15) is 11.6 Å². The van der Waals surface area contributed by atoms with E-state index >= 15 is 0 Å². The summed E-state index contributed by atoms with van der Waals surface area (Å²) in [6.45, 7) is 1.90. The first kappa shape index (κ1) is 15.7. The Bertz CT molecular complexity index is 844. The van der Waals surface area contributed by atoms with Crippen molar-refractivity contribution in [2.75, 3.05) is 30.8 Å². The minimum Gasteiger partial charge on any atom is -0.481 e. The number of fused-ring (bicyclic) bond motifs is 1. The fourth-order valence-electron chi connectivity index (χ4n) is 3.51. The van der Waals surface area contributed by atoms with Gasteiger partial charge < -0.3 is 20.4 Å². The monoisotopic (exact) mass is 338 g/mol. The lowest BCUT2D eigenvalue weighted by atomic mass is 9.94. The Kier molecular flexibility index (Phi) is 4.13. The summed E-state index contributed by atoms with van der Waals surface area (Å²) in [5.41, 5.74) is 7.92. The summed E-state index contributed by atoms with van der Waals surface area (Å²) >= 11 is 0. The van der Waals surface area contributed by atoms with E-state index in [1.54, 1.807) is 7.11 Å². The Hall–Kier alpha value is -2.83. The highest BCUT2D eigenvalue weighted by Gasteiger charge is 2.23. The van der Waals surface area contributed by atoms with Crippen LogP contribution in [-0.4, -0.2) is 40.1 Å². The van der Waals surface area contributed by atoms with E-state index in [4.69, 9.17) is 15.5 Å². The van der Waals surface area contributed by atoms with Gasteiger partial charge in [-0.2, -0.15) is 9.97 Å². The molecule has 7 heteroatoms. The van der Waals surface area contributed by atoms with Crippen molar-refractivity contribution >= 4 is 22.8 Å². The molecule has 130 valence electrons. The molecular weight excluding hydrogens is 316 g/mol. The topological polar surface area (TPSA) is 93.0 Å². The molecule has 3 aromatic rings. The maximum Gasteiger partial charge on any atom is 0.225 e. The highest BCUT2D eigenvalue weighted by atomic mass is 16.5. The standard InChI is InChI=1S/C18H22N6O/c1-25-17-10-16(22-18(19)23-17)24-8-4-5-12(11-24)9-15-20-13-6-2-3-7-14(13)21-15/h2-3,6-7,10,12H,4-5,8-9,11H2,1H3,(H,20,21)(H2,19,22,23)/t12-/m0/s1. The highest BCUT2D eigenvalue weighted by molar-refractivity contribution is 5.74. The molecule has 1 fully saturated rings. The van der Waals surface area contributed by atoms with E-state index < -0.39 is 0 Å². The second-order valence-electron chi connectivity index (χ2n) is 6.49. The second-order valence-corrected chi connectivity index (χ2v) is 6.49. The zero-order valence-electron chi connectivity index (χ0n) is 14.3. The fourth-order valence-corrected chi connectivity index (χ4v) is 3.51. The number of nitrogens with zero attached hydrogens (tertiary/aromatic N) is 4. The number of benzene rings is 1. The number of nitrogens with two attached hydrogens (primary N) is 1. The zero-order chi connectivity index (χ0) is 17.2. The van der Waals surface area contributed by atoms with E-state index in [2.05, 4.69) is 25.9 Å². The third kappa shape index (κ3) is 3.35. The number of anilines is 2. The summed E-state index contributed by atoms with van der Waals surface area (Å²) in [6.07, 6.45) is 3.24. The molecule has 0 unspecified atom stereocenters. The van der Waals surface area contributed by atoms with Crippen LogP contribution in [-0.2, 0) is 6.42 Å². The Morgan fingerprint density at radius 1 is 1.28 bits per heavy atom. The normalized spacial score (nSPS) is 17.8. The number of nitrogen functional groups attached to an aromatic ring is 1. The molecule has 1 aliphatic heterocycles. The zero-order valence-corrected chi connectivity index (χ0v) is 14.3. The van der Waals surface area contributed by atoms with Crippen LogP contribution in [0, 0.1) is 5.92 Å². The van der Waals surface area contributed by atoms with Crippen molar-refractivity contribution in [3.05, 3.63) is 36.2 Å². The number of piperidine rings is 1. The minimum atomic E-state index is 0.244. The van der Waals surface area contributed by atoms with Gasteiger partial charge in [-0.25, -0.2) is 4.98 Å². The predicted molar refractivity (Wildman–Crippen MR) is 97.7 cm³/mol. The molecule has 7 nitrogen and oxygen atoms in total. The summed E-state index contributed by atoms with van der Waals surface area (Å²) in [5, 5.41) is 0. The van der Waals surface area contributed by atoms with Gasteiger partial charge in [-0.05, 0) is 30.9 Å². The number of ether oxygens (including phenoxy) is 1. The van der Waals surface area contributed by atoms with Gasteiger partial charge in [0.2, 0.25) is 11.8 Å². The summed E-state index contributed by atoms with van der Waals surface area (Å²) in [6, 6.07) is 10.00. The van der Waals surface area contributed by atoms with E-state index in [-0.39, 0.29) is 5.95 Å². The average molecular weight is 338 g/mol. The van der Waals surface area contributed by atoms with Crippen molar-refractivity contribution in [3.63, 3.8) is 0 Å². The molecule has 1 atom stereocenters. The molecule has 1 aromatic carbocycles. The van der Waals surface area contributed by atoms with Crippen LogP contribution < -0.4 is 15.4 Å². The van der Waals surface area contributed by atoms with E-state index in [0.29, 0.717) is 11.8 Å². The van der Waals surface area contributed by atoms with Gasteiger partial charge in [-0.3, -0.25) is 0 Å². The summed E-state index contributed by atoms with van der Waals surface area (Å²) in [4.78, 5) is 18.8. The van der Waals surface area contributed by atoms with Gasteiger partial charge in [-0.15, -0.1) is 0 Å². The first-order chi connectivity index (χ1) is 12.2. The number of imidazole rings is 1. The lowest BCUT2D eigenvalue weighted by Crippen LogP contribution is -2.37. The molecule has 3 N–H and O–H groups in total. The average Bonchev–Trinajstić information content (AvgIpc) is 3.03. The molecule has 0 aliphatic carbocycles. The third-order valence-corrected chi connectivity index (χ3v) is 4.68. The molecule has 3 heterocycles. The lowest BCUT2D eigenvalue weighted by molar-refractivity contribution is 0.392. The molecule has 0 saturated carbocycles. The van der Waals surface area contributed by atoms with Crippen molar-refractivity contribution in [1.82, 2.24) is 19.9 Å². The molecule has 4 rings (SSSR count). The van der Waals surface area contributed by atoms with Crippen molar-refractivity contribution in [1.29, 1.82) is 0 Å². The van der Waals surface area contributed by atoms with Crippen LogP contribution in [0.1, 0.15) is 18.7 Å². The number of aromatic amines is 1. The van der Waals surface area contributed by atoms with Crippen molar-refractivity contribution < 1.29 is 4.74 Å². The van der Waals surface area contributed by atoms with Gasteiger partial charge in [0.15, 0.2) is 0 Å². The molecule has 0 bridgehead atoms. The van der Waals surface area contributed by atoms with Crippen molar-refractivity contribution in [2.45, 2.75) is 19.3 Å². The molecule has 0 spiro atoms. The number of nitrogens with one attached hydrogen (secondary N) is 1. The van der Waals surface area contributed by atoms with Crippen LogP contribution in [0.4, 0.5) is 11.8 Å². The van der Waals surface area contributed by atoms with E-state index in [1.807, 2.05) is 24.3 Å². The SMILES string of the molecule is COc1cc(N2CCC[C@@H](Cc3nc4ccccc4[nH]3)C2)nc(N)n1. The number of aromatic nitrogens is 4. The molecule has 1 aliphatic rings. The number of hydrogen-bond acceptors (Lipinski definition) is 6. The Labute approximate surface area is 146 Å². The van der Waals surface area contributed by atoms with E-state index in [1.165, 1.54) is 6.42 Å². The summed E-state index contributed by atoms with van der Waals surface area (Å²) in [5.74, 6) is 3.15. The molecule has 0 amide bonds. The molecular formula is C18H22N6O. The lowest BCUT2D eigenvalue weighted by Gasteiger charge is -2.33. The first-order valence-electron chi connectivity index (χ1n) is 8.58. The quantitative estimate of drug-likeness (QED) is 0.759. The van der Waals surface area contributed by atoms with Crippen LogP contribution in [0.2, 0.25) is 0 Å². The maximum atomic E-state index is 5.80. The Morgan fingerprint density at radius 2 is 2.16 bits per heavy atom. The van der Waals surface area contributed by atoms with Crippen molar-refractivity contribution in [2.24, 2.45) is 5.92 Å². The fraction of sp³-hybridized carbons (Fsp3) is 0.389. The summed E-state index contributed by atoms with van der Waals surface area (Å²) in [7, 11) is 1.59. The smallest absolute Gasteiger partial charge is 0.225 e. The molecule has 2 aromatic heterocycles. The van der Waals surface area contributed by atoms with Gasteiger partial charge in [0.25, 0.3) is 0 Å². The Balaban J connectivity index is 1.50. The van der Waals surface area contributed by atoms with Crippen molar-refractivity contribution in [3.8, 4) is 5.88 Å². The van der Waals surface area contributed by atoms with Crippen LogP contribution >= 0.6 is 0 Å². The maximum absolute atomic E-state index is 5.80. The number of para-hydroxylation sites is 2. The van der Waals surface area contributed by atoms with Crippen LogP contribution in [0.3, 0.4) is 0 Å². The largest absolute Gasteiger partial charge is 0.481 e. The Morgan fingerprint density at radius 3 is 3.00 bits per heavy atom.